The van der Waals surface area contributed by atoms with Crippen molar-refractivity contribution >= 4 is 73.2 Å². The van der Waals surface area contributed by atoms with Crippen LogP contribution in [0.2, 0.25) is 15.1 Å². The topological polar surface area (TPSA) is 87.0 Å². The van der Waals surface area contributed by atoms with Crippen molar-refractivity contribution in [3.8, 4) is 11.6 Å². The third-order valence-corrected chi connectivity index (χ3v) is 4.66. The molecule has 134 valence electrons. The number of hydrogen-bond acceptors (Lipinski definition) is 4. The lowest BCUT2D eigenvalue weighted by Crippen LogP contribution is -2.08. The van der Waals surface area contributed by atoms with Gasteiger partial charge in [0.15, 0.2) is 12.3 Å². The molecule has 0 bridgehead atoms. The molecule has 1 amide bonds. The van der Waals surface area contributed by atoms with Crippen molar-refractivity contribution in [2.24, 2.45) is 10.2 Å². The monoisotopic (exact) mass is 475 g/mol. The van der Waals surface area contributed by atoms with Gasteiger partial charge in [0.25, 0.3) is 0 Å². The van der Waals surface area contributed by atoms with E-state index in [0.717, 1.165) is 0 Å². The second kappa shape index (κ2) is 7.84. The van der Waals surface area contributed by atoms with E-state index < -0.39 is 5.91 Å². The minimum atomic E-state index is -0.661. The second-order valence-electron chi connectivity index (χ2n) is 5.09. The fourth-order valence-electron chi connectivity index (χ4n) is 2.16. The summed E-state index contributed by atoms with van der Waals surface area (Å²) in [5, 5.41) is 19.0. The number of azo groups is 1. The maximum atomic E-state index is 11.9. The van der Waals surface area contributed by atoms with Gasteiger partial charge in [0.05, 0.1) is 10.5 Å². The highest BCUT2D eigenvalue weighted by molar-refractivity contribution is 9.10. The van der Waals surface area contributed by atoms with Crippen LogP contribution in [0, 0.1) is 0 Å². The normalized spacial score (nSPS) is 11.4. The number of halogens is 4. The van der Waals surface area contributed by atoms with E-state index in [2.05, 4.69) is 31.1 Å². The number of aromatic nitrogens is 1. The zero-order valence-electron chi connectivity index (χ0n) is 12.8. The summed E-state index contributed by atoms with van der Waals surface area (Å²) >= 11 is 21.1. The predicted molar refractivity (Wildman–Crippen MR) is 104 cm³/mol. The van der Waals surface area contributed by atoms with Gasteiger partial charge in [-0.15, -0.1) is 10.2 Å². The quantitative estimate of drug-likeness (QED) is 0.433. The van der Waals surface area contributed by atoms with Crippen LogP contribution in [0.25, 0.3) is 10.9 Å². The average Bonchev–Trinajstić information content (AvgIpc) is 2.88. The highest BCUT2D eigenvalue weighted by Crippen LogP contribution is 2.40. The van der Waals surface area contributed by atoms with Crippen LogP contribution in [-0.2, 0) is 4.79 Å². The smallest absolute Gasteiger partial charge is 0.302 e. The molecule has 2 N–H and O–H groups in total. The summed E-state index contributed by atoms with van der Waals surface area (Å²) in [5.41, 5.74) is 0.679. The van der Waals surface area contributed by atoms with Gasteiger partial charge in [-0.05, 0) is 46.3 Å². The van der Waals surface area contributed by atoms with Gasteiger partial charge >= 0.3 is 5.91 Å². The number of carbonyl (C=O) groups is 1. The van der Waals surface area contributed by atoms with Crippen molar-refractivity contribution in [3.05, 3.63) is 49.9 Å². The van der Waals surface area contributed by atoms with Crippen LogP contribution < -0.4 is 4.74 Å². The molecule has 2 aromatic carbocycles. The Kier molecular flexibility index (Phi) is 5.72. The van der Waals surface area contributed by atoms with E-state index in [4.69, 9.17) is 39.5 Å². The zero-order chi connectivity index (χ0) is 18.8. The number of ether oxygens (including phenoxy) is 1. The summed E-state index contributed by atoms with van der Waals surface area (Å²) in [7, 11) is 0. The maximum absolute atomic E-state index is 11.9. The second-order valence-corrected chi connectivity index (χ2v) is 7.22. The molecule has 0 aliphatic rings. The summed E-state index contributed by atoms with van der Waals surface area (Å²) in [6, 6.07) is 7.88. The van der Waals surface area contributed by atoms with Crippen molar-refractivity contribution in [3.63, 3.8) is 0 Å². The first-order valence-corrected chi connectivity index (χ1v) is 9.00. The van der Waals surface area contributed by atoms with E-state index in [1.54, 1.807) is 24.3 Å². The Morgan fingerprint density at radius 3 is 2.69 bits per heavy atom. The van der Waals surface area contributed by atoms with Crippen molar-refractivity contribution in [1.82, 2.24) is 4.98 Å². The molecule has 1 heterocycles. The lowest BCUT2D eigenvalue weighted by molar-refractivity contribution is -0.120. The van der Waals surface area contributed by atoms with Gasteiger partial charge in [-0.25, -0.2) is 0 Å². The SMILES string of the molecule is O=C(COc1ccc(Cl)cc1Cl)N=Nc1c(O)[nH]c2c(Br)cc(Cl)cc12. The number of carbonyl (C=O) groups excluding carboxylic acids is 1. The molecule has 1 aromatic heterocycles. The molecule has 0 aliphatic heterocycles. The van der Waals surface area contributed by atoms with Crippen molar-refractivity contribution in [2.45, 2.75) is 0 Å². The van der Waals surface area contributed by atoms with Gasteiger partial charge in [0.2, 0.25) is 5.88 Å². The van der Waals surface area contributed by atoms with Gasteiger partial charge in [-0.1, -0.05) is 34.8 Å². The molecule has 0 radical (unpaired) electrons. The number of aromatic amines is 1. The molecule has 0 aliphatic carbocycles. The predicted octanol–water partition coefficient (Wildman–Crippen LogP) is 6.29. The molecule has 0 spiro atoms. The van der Waals surface area contributed by atoms with E-state index in [-0.39, 0.29) is 23.2 Å². The van der Waals surface area contributed by atoms with Crippen LogP contribution >= 0.6 is 50.7 Å². The van der Waals surface area contributed by atoms with Gasteiger partial charge < -0.3 is 14.8 Å². The van der Waals surface area contributed by atoms with E-state index in [9.17, 15) is 9.90 Å². The average molecular weight is 478 g/mol. The van der Waals surface area contributed by atoms with Crippen LogP contribution in [0.3, 0.4) is 0 Å². The van der Waals surface area contributed by atoms with Crippen LogP contribution in [-0.4, -0.2) is 22.6 Å². The third kappa shape index (κ3) is 4.12. The van der Waals surface area contributed by atoms with Gasteiger partial charge in [0, 0.05) is 19.9 Å². The summed E-state index contributed by atoms with van der Waals surface area (Å²) in [6.07, 6.45) is 0. The van der Waals surface area contributed by atoms with Crippen molar-refractivity contribution < 1.29 is 14.6 Å². The molecule has 0 fully saturated rings. The molecule has 0 saturated heterocycles. The summed E-state index contributed by atoms with van der Waals surface area (Å²) < 4.78 is 5.93. The first-order valence-electron chi connectivity index (χ1n) is 7.07. The van der Waals surface area contributed by atoms with Crippen molar-refractivity contribution in [1.29, 1.82) is 0 Å². The number of nitrogens with zero attached hydrogens (tertiary/aromatic N) is 2. The number of hydrogen-bond donors (Lipinski definition) is 2. The van der Waals surface area contributed by atoms with Crippen LogP contribution in [0.4, 0.5) is 5.69 Å². The molecule has 0 unspecified atom stereocenters. The molecule has 6 nitrogen and oxygen atoms in total. The van der Waals surface area contributed by atoms with E-state index in [1.165, 1.54) is 6.07 Å². The highest BCUT2D eigenvalue weighted by atomic mass is 79.9. The Morgan fingerprint density at radius 2 is 1.96 bits per heavy atom. The Hall–Kier alpha value is -1.80. The number of fused-ring (bicyclic) bond motifs is 1. The number of amides is 1. The van der Waals surface area contributed by atoms with Gasteiger partial charge in [-0.2, -0.15) is 0 Å². The number of benzene rings is 2. The number of H-pyrrole nitrogens is 1. The van der Waals surface area contributed by atoms with E-state index in [0.29, 0.717) is 31.2 Å². The van der Waals surface area contributed by atoms with Crippen LogP contribution in [0.1, 0.15) is 0 Å². The Bertz CT molecular complexity index is 1040. The summed E-state index contributed by atoms with van der Waals surface area (Å²) in [5.74, 6) is -0.600. The molecule has 10 heteroatoms. The zero-order valence-corrected chi connectivity index (χ0v) is 16.6. The Balaban J connectivity index is 1.76. The molecule has 3 aromatic rings. The molecule has 3 rings (SSSR count). The minimum absolute atomic E-state index is 0.0982. The molecule has 0 saturated carbocycles. The first kappa shape index (κ1) is 19.0. The molecule has 0 atom stereocenters. The number of nitrogens with one attached hydrogen (secondary N) is 1. The number of aromatic hydroxyl groups is 1. The Morgan fingerprint density at radius 1 is 1.19 bits per heavy atom. The van der Waals surface area contributed by atoms with Crippen LogP contribution in [0.15, 0.2) is 45.0 Å². The summed E-state index contributed by atoms with van der Waals surface area (Å²) in [4.78, 5) is 14.6. The molecule has 26 heavy (non-hydrogen) atoms. The first-order chi connectivity index (χ1) is 12.3. The fourth-order valence-corrected chi connectivity index (χ4v) is 3.53. The third-order valence-electron chi connectivity index (χ3n) is 3.28. The van der Waals surface area contributed by atoms with Crippen LogP contribution in [0.5, 0.6) is 11.6 Å². The van der Waals surface area contributed by atoms with Gasteiger partial charge in [0.1, 0.15) is 5.75 Å². The lowest BCUT2D eigenvalue weighted by atomic mass is 10.2. The maximum Gasteiger partial charge on any atom is 0.302 e. The highest BCUT2D eigenvalue weighted by Gasteiger charge is 2.14. The van der Waals surface area contributed by atoms with Gasteiger partial charge in [-0.3, -0.25) is 4.79 Å². The minimum Gasteiger partial charge on any atom is -0.493 e. The number of rotatable bonds is 4. The fraction of sp³-hybridized carbons (Fsp3) is 0.0625. The van der Waals surface area contributed by atoms with E-state index in [1.807, 2.05) is 0 Å². The van der Waals surface area contributed by atoms with Crippen molar-refractivity contribution in [2.75, 3.05) is 6.61 Å². The largest absolute Gasteiger partial charge is 0.493 e. The Labute approximate surface area is 170 Å². The molecular formula is C16H9BrCl3N3O3. The molecular weight excluding hydrogens is 468 g/mol. The standard InChI is InChI=1S/C16H9BrCl3N3O3/c17-10-4-8(19)3-9-14(10)21-16(25)15(9)23-22-13(24)6-26-12-2-1-7(18)5-11(12)20/h1-5,21,25H,6H2. The lowest BCUT2D eigenvalue weighted by Gasteiger charge is -2.05. The van der Waals surface area contributed by atoms with E-state index >= 15 is 0 Å². The summed E-state index contributed by atoms with van der Waals surface area (Å²) in [6.45, 7) is -0.377.